The normalized spacial score (nSPS) is 15.6. The van der Waals surface area contributed by atoms with Crippen LogP contribution in [0.25, 0.3) is 38.7 Å². The molecule has 1 atom stereocenters. The average molecular weight is 716 g/mol. The summed E-state index contributed by atoms with van der Waals surface area (Å²) in [4.78, 5) is 5.42. The summed E-state index contributed by atoms with van der Waals surface area (Å²) >= 11 is 0. The monoisotopic (exact) mass is 715 g/mol. The smallest absolute Gasteiger partial charge is 0.133 e. The van der Waals surface area contributed by atoms with E-state index in [1.807, 2.05) is 42.5 Å². The van der Waals surface area contributed by atoms with E-state index in [4.69, 9.17) is 9.73 Å². The first-order chi connectivity index (χ1) is 27.7. The summed E-state index contributed by atoms with van der Waals surface area (Å²) in [6.45, 7) is 0. The largest absolute Gasteiger partial charge is 0.457 e. The summed E-state index contributed by atoms with van der Waals surface area (Å²) in [5.74, 6) is 2.54. The Morgan fingerprint density at radius 1 is 0.518 bits per heavy atom. The minimum Gasteiger partial charge on any atom is -0.457 e. The molecule has 11 rings (SSSR count). The number of amidine groups is 1. The number of nitriles is 1. The molecule has 4 heteroatoms. The van der Waals surface area contributed by atoms with Crippen molar-refractivity contribution in [2.75, 3.05) is 0 Å². The molecule has 1 spiro atoms. The molecule has 2 heterocycles. The van der Waals surface area contributed by atoms with Crippen molar-refractivity contribution in [3.8, 4) is 39.8 Å². The number of ether oxygens (including phenoxy) is 1. The van der Waals surface area contributed by atoms with Gasteiger partial charge in [0.25, 0.3) is 0 Å². The number of para-hydroxylation sites is 2. The Morgan fingerprint density at radius 3 is 1.95 bits per heavy atom. The van der Waals surface area contributed by atoms with Crippen LogP contribution in [0.3, 0.4) is 0 Å². The Balaban J connectivity index is 1.15. The molecule has 8 aromatic carbocycles. The summed E-state index contributed by atoms with van der Waals surface area (Å²) in [6, 6.07) is 66.0. The second-order valence-corrected chi connectivity index (χ2v) is 14.6. The predicted molar refractivity (Wildman–Crippen MR) is 225 cm³/mol. The van der Waals surface area contributed by atoms with Gasteiger partial charge in [-0.15, -0.1) is 0 Å². The third kappa shape index (κ3) is 4.81. The highest BCUT2D eigenvalue weighted by atomic mass is 16.5. The minimum atomic E-state index is -0.611. The van der Waals surface area contributed by atoms with Crippen LogP contribution in [0.5, 0.6) is 11.5 Å². The summed E-state index contributed by atoms with van der Waals surface area (Å²) < 4.78 is 6.60. The molecule has 56 heavy (non-hydrogen) atoms. The zero-order valence-electron chi connectivity index (χ0n) is 30.3. The maximum atomic E-state index is 10.1. The molecule has 0 saturated carbocycles. The van der Waals surface area contributed by atoms with E-state index in [9.17, 15) is 5.26 Å². The van der Waals surface area contributed by atoms with Gasteiger partial charge in [-0.05, 0) is 97.8 Å². The summed E-state index contributed by atoms with van der Waals surface area (Å²) in [6.07, 6.45) is 2.24. The third-order valence-corrected chi connectivity index (χ3v) is 11.6. The number of hydrogen-bond acceptors (Lipinski definition) is 4. The zero-order valence-corrected chi connectivity index (χ0v) is 30.3. The lowest BCUT2D eigenvalue weighted by Crippen LogP contribution is -2.32. The molecule has 262 valence electrons. The maximum Gasteiger partial charge on any atom is 0.133 e. The fourth-order valence-corrected chi connectivity index (χ4v) is 9.09. The van der Waals surface area contributed by atoms with E-state index in [1.54, 1.807) is 0 Å². The Bertz CT molecular complexity index is 2960. The van der Waals surface area contributed by atoms with Crippen LogP contribution >= 0.6 is 0 Å². The zero-order chi connectivity index (χ0) is 37.2. The van der Waals surface area contributed by atoms with Gasteiger partial charge in [-0.2, -0.15) is 5.26 Å². The molecule has 0 saturated heterocycles. The van der Waals surface area contributed by atoms with Gasteiger partial charge in [-0.3, -0.25) is 4.99 Å². The van der Waals surface area contributed by atoms with Gasteiger partial charge in [0.1, 0.15) is 17.3 Å². The van der Waals surface area contributed by atoms with Crippen molar-refractivity contribution >= 4 is 22.3 Å². The average Bonchev–Trinajstić information content (AvgIpc) is 3.55. The molecule has 0 fully saturated rings. The Kier molecular flexibility index (Phi) is 7.17. The molecule has 8 aromatic rings. The van der Waals surface area contributed by atoms with Gasteiger partial charge in [-0.25, -0.2) is 0 Å². The molecule has 2 aliphatic heterocycles. The van der Waals surface area contributed by atoms with Crippen LogP contribution in [0.15, 0.2) is 193 Å². The Hall–Kier alpha value is -7.48. The van der Waals surface area contributed by atoms with E-state index >= 15 is 0 Å². The van der Waals surface area contributed by atoms with Crippen molar-refractivity contribution < 1.29 is 4.74 Å². The van der Waals surface area contributed by atoms with Gasteiger partial charge in [0.15, 0.2) is 0 Å². The third-order valence-electron chi connectivity index (χ3n) is 11.6. The minimum absolute atomic E-state index is 0.255. The number of aliphatic imine (C=N–C) groups is 1. The maximum absolute atomic E-state index is 10.1. The molecule has 4 nitrogen and oxygen atoms in total. The first-order valence-electron chi connectivity index (χ1n) is 19.0. The van der Waals surface area contributed by atoms with Gasteiger partial charge >= 0.3 is 0 Å². The highest BCUT2D eigenvalue weighted by molar-refractivity contribution is 6.07. The Labute approximate surface area is 325 Å². The Morgan fingerprint density at radius 2 is 1.16 bits per heavy atom. The summed E-state index contributed by atoms with van der Waals surface area (Å²) in [5.41, 5.74) is 13.1. The second kappa shape index (κ2) is 12.6. The number of nitrogens with zero attached hydrogens (tertiary/aromatic N) is 2. The molecule has 0 radical (unpaired) electrons. The molecule has 1 aliphatic carbocycles. The van der Waals surface area contributed by atoms with Crippen LogP contribution in [0.4, 0.5) is 0 Å². The number of hydrogen-bond donors (Lipinski definition) is 1. The fraction of sp³-hybridized carbons (Fsp3) is 0.0385. The van der Waals surface area contributed by atoms with E-state index in [0.29, 0.717) is 5.56 Å². The lowest BCUT2D eigenvalue weighted by Gasteiger charge is -2.39. The molecule has 0 aromatic heterocycles. The van der Waals surface area contributed by atoms with E-state index < -0.39 is 5.41 Å². The second-order valence-electron chi connectivity index (χ2n) is 14.6. The van der Waals surface area contributed by atoms with Crippen molar-refractivity contribution in [1.82, 2.24) is 5.32 Å². The van der Waals surface area contributed by atoms with E-state index in [-0.39, 0.29) is 6.04 Å². The van der Waals surface area contributed by atoms with E-state index in [1.165, 1.54) is 21.9 Å². The molecule has 0 bridgehead atoms. The highest BCUT2D eigenvalue weighted by Crippen LogP contribution is 2.62. The SMILES string of the molecule is N#Cc1ccccc1-c1ccc2c(c1)-c1cc(C3C=C(c4ccccc4)NC(c4ccc5ccccc5c4)=N3)ccc1C21c2ccccc2Oc2ccccc21. The summed E-state index contributed by atoms with van der Waals surface area (Å²) in [7, 11) is 0. The highest BCUT2D eigenvalue weighted by Gasteiger charge is 2.51. The van der Waals surface area contributed by atoms with E-state index in [0.717, 1.165) is 73.1 Å². The van der Waals surface area contributed by atoms with Gasteiger partial charge in [-0.1, -0.05) is 146 Å². The van der Waals surface area contributed by atoms with Crippen LogP contribution < -0.4 is 10.1 Å². The van der Waals surface area contributed by atoms with Gasteiger partial charge in [0, 0.05) is 22.4 Å². The quantitative estimate of drug-likeness (QED) is 0.197. The lowest BCUT2D eigenvalue weighted by atomic mass is 9.66. The molecular weight excluding hydrogens is 683 g/mol. The molecule has 1 N–H and O–H groups in total. The molecule has 0 amide bonds. The standard InChI is InChI=1S/C52H33N3O/c53-32-39-16-6-7-17-40(39)36-24-26-43-41(29-36)42-30-37(25-27-44(42)52(43)45-18-8-10-20-49(45)56-50-21-11-9-19-46(50)52)48-31-47(34-13-2-1-3-14-34)54-51(55-48)38-23-22-33-12-4-5-15-35(33)28-38/h1-31,48H,(H,54,55). The molecule has 3 aliphatic rings. The van der Waals surface area contributed by atoms with Gasteiger partial charge in [0.2, 0.25) is 0 Å². The van der Waals surface area contributed by atoms with Crippen molar-refractivity contribution in [3.05, 3.63) is 233 Å². The van der Waals surface area contributed by atoms with Crippen LogP contribution in [0.2, 0.25) is 0 Å². The molecule has 1 unspecified atom stereocenters. The van der Waals surface area contributed by atoms with Crippen molar-refractivity contribution in [2.24, 2.45) is 4.99 Å². The van der Waals surface area contributed by atoms with Gasteiger partial charge < -0.3 is 10.1 Å². The molecular formula is C52H33N3O. The predicted octanol–water partition coefficient (Wildman–Crippen LogP) is 12.0. The lowest BCUT2D eigenvalue weighted by molar-refractivity contribution is 0.436. The van der Waals surface area contributed by atoms with Crippen LogP contribution in [-0.4, -0.2) is 5.84 Å². The van der Waals surface area contributed by atoms with Crippen LogP contribution in [0.1, 0.15) is 50.5 Å². The number of rotatable bonds is 4. The number of nitrogens with one attached hydrogen (secondary N) is 1. The topological polar surface area (TPSA) is 57.4 Å². The van der Waals surface area contributed by atoms with Crippen molar-refractivity contribution in [1.29, 1.82) is 5.26 Å². The number of benzene rings is 8. The first-order valence-corrected chi connectivity index (χ1v) is 19.0. The fourth-order valence-electron chi connectivity index (χ4n) is 9.09. The van der Waals surface area contributed by atoms with Crippen molar-refractivity contribution in [2.45, 2.75) is 11.5 Å². The number of fused-ring (bicyclic) bond motifs is 10. The first kappa shape index (κ1) is 32.0. The van der Waals surface area contributed by atoms with Crippen LogP contribution in [0, 0.1) is 11.3 Å². The van der Waals surface area contributed by atoms with E-state index in [2.05, 4.69) is 157 Å². The van der Waals surface area contributed by atoms with Crippen molar-refractivity contribution in [3.63, 3.8) is 0 Å². The van der Waals surface area contributed by atoms with Crippen LogP contribution in [-0.2, 0) is 5.41 Å². The summed E-state index contributed by atoms with van der Waals surface area (Å²) in [5, 5.41) is 16.2. The van der Waals surface area contributed by atoms with Gasteiger partial charge in [0.05, 0.1) is 23.1 Å².